The van der Waals surface area contributed by atoms with Gasteiger partial charge >= 0.3 is 5.82 Å². The van der Waals surface area contributed by atoms with Crippen LogP contribution in [0.25, 0.3) is 6.08 Å². The van der Waals surface area contributed by atoms with Gasteiger partial charge in [-0.1, -0.05) is 0 Å². The molecule has 0 spiro atoms. The molecule has 8 heteroatoms. The molecule has 1 aromatic rings. The molecule has 0 aliphatic rings. The van der Waals surface area contributed by atoms with Gasteiger partial charge in [-0.15, -0.1) is 0 Å². The minimum Gasteiger partial charge on any atom is -0.358 e. The van der Waals surface area contributed by atoms with Crippen molar-refractivity contribution in [1.82, 2.24) is 14.7 Å². The quantitative estimate of drug-likeness (QED) is 0.354. The van der Waals surface area contributed by atoms with Crippen LogP contribution in [0, 0.1) is 10.1 Å². The Morgan fingerprint density at radius 2 is 2.33 bits per heavy atom. The average Bonchev–Trinajstić information content (AvgIpc) is 2.66. The van der Waals surface area contributed by atoms with Crippen molar-refractivity contribution >= 4 is 17.8 Å². The first kappa shape index (κ1) is 13.8. The maximum absolute atomic E-state index is 11.6. The molecule has 0 radical (unpaired) electrons. The molecule has 2 N–H and O–H groups in total. The van der Waals surface area contributed by atoms with Crippen LogP contribution in [0.2, 0.25) is 0 Å². The van der Waals surface area contributed by atoms with Gasteiger partial charge in [0.05, 0.1) is 30.1 Å². The highest BCUT2D eigenvalue weighted by Gasteiger charge is 2.17. The molecule has 98 valence electrons. The molecule has 0 aliphatic carbocycles. The van der Waals surface area contributed by atoms with Crippen LogP contribution < -0.4 is 5.73 Å². The second kappa shape index (κ2) is 5.41. The average molecular weight is 253 g/mol. The predicted octanol–water partition coefficient (Wildman–Crippen LogP) is 0.105. The fourth-order valence-electron chi connectivity index (χ4n) is 1.23. The third-order valence-corrected chi connectivity index (χ3v) is 2.37. The first-order valence-corrected chi connectivity index (χ1v) is 5.21. The van der Waals surface area contributed by atoms with Crippen molar-refractivity contribution < 1.29 is 9.72 Å². The van der Waals surface area contributed by atoms with Crippen molar-refractivity contribution in [2.24, 2.45) is 12.8 Å². The second-order valence-electron chi connectivity index (χ2n) is 3.86. The SMILES string of the molecule is CC(N)N(C)C(=O)/C=C/c1cn(C)nc1[N+](=O)[O-]. The van der Waals surface area contributed by atoms with Gasteiger partial charge in [0, 0.05) is 13.1 Å². The Balaban J connectivity index is 2.91. The number of carbonyl (C=O) groups excluding carboxylic acids is 1. The fraction of sp³-hybridized carbons (Fsp3) is 0.400. The van der Waals surface area contributed by atoms with Gasteiger partial charge in [0.1, 0.15) is 0 Å². The molecule has 0 fully saturated rings. The van der Waals surface area contributed by atoms with E-state index in [9.17, 15) is 14.9 Å². The lowest BCUT2D eigenvalue weighted by Crippen LogP contribution is -2.39. The van der Waals surface area contributed by atoms with E-state index in [4.69, 9.17) is 5.73 Å². The van der Waals surface area contributed by atoms with Crippen molar-refractivity contribution in [2.45, 2.75) is 13.1 Å². The molecule has 0 saturated carbocycles. The highest BCUT2D eigenvalue weighted by Crippen LogP contribution is 2.16. The Labute approximate surface area is 104 Å². The van der Waals surface area contributed by atoms with Gasteiger partial charge < -0.3 is 20.7 Å². The number of rotatable bonds is 4. The summed E-state index contributed by atoms with van der Waals surface area (Å²) >= 11 is 0. The van der Waals surface area contributed by atoms with Gasteiger partial charge in [0.2, 0.25) is 5.91 Å². The summed E-state index contributed by atoms with van der Waals surface area (Å²) in [6.45, 7) is 1.66. The first-order valence-electron chi connectivity index (χ1n) is 5.21. The van der Waals surface area contributed by atoms with Crippen LogP contribution in [0.3, 0.4) is 0 Å². The summed E-state index contributed by atoms with van der Waals surface area (Å²) in [5.74, 6) is -0.617. The number of hydrogen-bond acceptors (Lipinski definition) is 5. The van der Waals surface area contributed by atoms with Crippen LogP contribution >= 0.6 is 0 Å². The Morgan fingerprint density at radius 1 is 1.72 bits per heavy atom. The Morgan fingerprint density at radius 3 is 2.83 bits per heavy atom. The molecule has 18 heavy (non-hydrogen) atoms. The van der Waals surface area contributed by atoms with Gasteiger partial charge in [-0.05, 0) is 17.9 Å². The highest BCUT2D eigenvalue weighted by molar-refractivity contribution is 5.92. The van der Waals surface area contributed by atoms with E-state index < -0.39 is 11.1 Å². The highest BCUT2D eigenvalue weighted by atomic mass is 16.6. The van der Waals surface area contributed by atoms with Crippen molar-refractivity contribution in [2.75, 3.05) is 7.05 Å². The van der Waals surface area contributed by atoms with Gasteiger partial charge in [-0.3, -0.25) is 4.79 Å². The molecule has 1 rings (SSSR count). The minimum atomic E-state index is -0.598. The lowest BCUT2D eigenvalue weighted by atomic mass is 10.3. The number of aryl methyl sites for hydroxylation is 1. The number of amides is 1. The van der Waals surface area contributed by atoms with Crippen molar-refractivity contribution in [3.63, 3.8) is 0 Å². The summed E-state index contributed by atoms with van der Waals surface area (Å²) < 4.78 is 1.32. The molecule has 1 unspecified atom stereocenters. The van der Waals surface area contributed by atoms with Gasteiger partial charge in [-0.25, -0.2) is 0 Å². The number of nitrogens with two attached hydrogens (primary N) is 1. The molecule has 1 atom stereocenters. The van der Waals surface area contributed by atoms with Crippen molar-refractivity contribution in [3.05, 3.63) is 28.0 Å². The van der Waals surface area contributed by atoms with E-state index in [0.717, 1.165) is 0 Å². The Bertz CT molecular complexity index is 492. The standard InChI is InChI=1S/C10H15N5O3/c1-7(11)14(3)9(16)5-4-8-6-13(2)12-10(8)15(17)18/h4-7H,11H2,1-3H3/b5-4+. The van der Waals surface area contributed by atoms with Gasteiger partial charge in [0.25, 0.3) is 0 Å². The predicted molar refractivity (Wildman–Crippen MR) is 65.3 cm³/mol. The Kier molecular flexibility index (Phi) is 4.16. The van der Waals surface area contributed by atoms with E-state index in [1.54, 1.807) is 21.0 Å². The monoisotopic (exact) mass is 253 g/mol. The zero-order valence-electron chi connectivity index (χ0n) is 10.4. The Hall–Kier alpha value is -2.22. The largest absolute Gasteiger partial charge is 0.397 e. The van der Waals surface area contributed by atoms with Crippen molar-refractivity contribution in [3.8, 4) is 0 Å². The molecule has 0 aromatic carbocycles. The summed E-state index contributed by atoms with van der Waals surface area (Å²) in [6.07, 6.45) is 3.62. The maximum Gasteiger partial charge on any atom is 0.397 e. The summed E-state index contributed by atoms with van der Waals surface area (Å²) in [5.41, 5.74) is 5.81. The van der Waals surface area contributed by atoms with Crippen LogP contribution in [0.15, 0.2) is 12.3 Å². The van der Waals surface area contributed by atoms with E-state index >= 15 is 0 Å². The summed E-state index contributed by atoms with van der Waals surface area (Å²) in [7, 11) is 3.12. The van der Waals surface area contributed by atoms with Crippen LogP contribution in [0.1, 0.15) is 12.5 Å². The normalized spacial score (nSPS) is 12.7. The lowest BCUT2D eigenvalue weighted by molar-refractivity contribution is -0.390. The smallest absolute Gasteiger partial charge is 0.358 e. The summed E-state index contributed by atoms with van der Waals surface area (Å²) in [5, 5.41) is 14.4. The molecule has 0 aliphatic heterocycles. The zero-order chi connectivity index (χ0) is 13.9. The van der Waals surface area contributed by atoms with Crippen LogP contribution in [0.5, 0.6) is 0 Å². The minimum absolute atomic E-state index is 0.272. The van der Waals surface area contributed by atoms with E-state index in [1.165, 1.54) is 27.9 Å². The number of nitro groups is 1. The summed E-state index contributed by atoms with van der Waals surface area (Å²) in [6, 6.07) is 0. The van der Waals surface area contributed by atoms with E-state index in [2.05, 4.69) is 5.10 Å². The second-order valence-corrected chi connectivity index (χ2v) is 3.86. The van der Waals surface area contributed by atoms with Crippen LogP contribution in [-0.2, 0) is 11.8 Å². The van der Waals surface area contributed by atoms with Crippen LogP contribution in [-0.4, -0.2) is 38.7 Å². The van der Waals surface area contributed by atoms with Gasteiger partial charge in [0.15, 0.2) is 0 Å². The number of likely N-dealkylation sites (N-methyl/N-ethyl adjacent to an activating group) is 1. The third-order valence-electron chi connectivity index (χ3n) is 2.37. The molecule has 0 saturated heterocycles. The number of nitrogens with zero attached hydrogens (tertiary/aromatic N) is 4. The van der Waals surface area contributed by atoms with E-state index in [-0.39, 0.29) is 17.3 Å². The number of aromatic nitrogens is 2. The lowest BCUT2D eigenvalue weighted by Gasteiger charge is -2.18. The third kappa shape index (κ3) is 3.14. The first-order chi connectivity index (χ1) is 8.32. The van der Waals surface area contributed by atoms with Gasteiger partial charge in [-0.2, -0.15) is 4.68 Å². The number of hydrogen-bond donors (Lipinski definition) is 1. The topological polar surface area (TPSA) is 107 Å². The van der Waals surface area contributed by atoms with E-state index in [0.29, 0.717) is 0 Å². The number of carbonyl (C=O) groups is 1. The molecular formula is C10H15N5O3. The molecule has 1 heterocycles. The molecule has 0 bridgehead atoms. The molecule has 1 aromatic heterocycles. The maximum atomic E-state index is 11.6. The fourth-order valence-corrected chi connectivity index (χ4v) is 1.23. The van der Waals surface area contributed by atoms with Crippen molar-refractivity contribution in [1.29, 1.82) is 0 Å². The van der Waals surface area contributed by atoms with Crippen LogP contribution in [0.4, 0.5) is 5.82 Å². The molecular weight excluding hydrogens is 238 g/mol. The molecule has 8 nitrogen and oxygen atoms in total. The summed E-state index contributed by atoms with van der Waals surface area (Å²) in [4.78, 5) is 23.0. The molecule has 1 amide bonds. The van der Waals surface area contributed by atoms with E-state index in [1.807, 2.05) is 0 Å². The zero-order valence-corrected chi connectivity index (χ0v) is 10.4.